The molecule has 250 valence electrons. The van der Waals surface area contributed by atoms with E-state index in [0.29, 0.717) is 38.8 Å². The van der Waals surface area contributed by atoms with E-state index in [1.807, 2.05) is 0 Å². The molecule has 1 saturated carbocycles. The van der Waals surface area contributed by atoms with Crippen molar-refractivity contribution in [3.63, 3.8) is 0 Å². The number of carbonyl (C=O) groups is 2. The number of hydrogen-bond donors (Lipinski definition) is 0. The first-order chi connectivity index (χ1) is 21.6. The number of alkyl halides is 3. The van der Waals surface area contributed by atoms with Crippen LogP contribution in [-0.4, -0.2) is 64.4 Å². The number of fused-ring (bicyclic) bond motifs is 2. The number of likely N-dealkylation sites (tertiary alicyclic amines) is 1. The fourth-order valence-corrected chi connectivity index (χ4v) is 7.47. The van der Waals surface area contributed by atoms with Gasteiger partial charge in [-0.2, -0.15) is 0 Å². The molecule has 7 nitrogen and oxygen atoms in total. The van der Waals surface area contributed by atoms with Crippen molar-refractivity contribution < 1.29 is 41.4 Å². The Balaban J connectivity index is 1.15. The van der Waals surface area contributed by atoms with Crippen molar-refractivity contribution in [2.75, 3.05) is 6.54 Å². The van der Waals surface area contributed by atoms with Crippen LogP contribution in [0.1, 0.15) is 99.5 Å². The first-order valence-corrected chi connectivity index (χ1v) is 16.4. The smallest absolute Gasteiger partial charge is 0.490 e. The zero-order valence-electron chi connectivity index (χ0n) is 26.2. The van der Waals surface area contributed by atoms with Gasteiger partial charge in [-0.15, -0.1) is 13.2 Å². The Bertz CT molecular complexity index is 1480. The van der Waals surface area contributed by atoms with Crippen LogP contribution in [0, 0.1) is 5.82 Å². The summed E-state index contributed by atoms with van der Waals surface area (Å²) in [6.45, 7) is 6.24. The van der Waals surface area contributed by atoms with Crippen molar-refractivity contribution >= 4 is 23.5 Å². The second-order valence-electron chi connectivity index (χ2n) is 13.9. The highest BCUT2D eigenvalue weighted by Gasteiger charge is 2.43. The molecule has 0 radical (unpaired) electrons. The van der Waals surface area contributed by atoms with E-state index in [-0.39, 0.29) is 40.4 Å². The van der Waals surface area contributed by atoms with E-state index in [1.165, 1.54) is 23.1 Å². The summed E-state index contributed by atoms with van der Waals surface area (Å²) in [5.41, 5.74) is 1.14. The fraction of sp³-hybridized carbons (Fsp3) is 0.588. The summed E-state index contributed by atoms with van der Waals surface area (Å²) < 4.78 is 69.7. The van der Waals surface area contributed by atoms with Gasteiger partial charge in [0.05, 0.1) is 5.56 Å². The molecular formula is C34H39ClF4N2O5. The molecule has 3 atom stereocenters. The van der Waals surface area contributed by atoms with Crippen molar-refractivity contribution in [3.8, 4) is 11.5 Å². The van der Waals surface area contributed by atoms with E-state index in [9.17, 15) is 22.8 Å². The quantitative estimate of drug-likeness (QED) is 0.212. The largest absolute Gasteiger partial charge is 0.573 e. The van der Waals surface area contributed by atoms with Crippen LogP contribution >= 0.6 is 11.6 Å². The second-order valence-corrected chi connectivity index (χ2v) is 14.4. The van der Waals surface area contributed by atoms with Gasteiger partial charge in [-0.25, -0.2) is 9.18 Å². The molecule has 4 aliphatic rings. The van der Waals surface area contributed by atoms with Crippen LogP contribution < -0.4 is 9.47 Å². The van der Waals surface area contributed by atoms with Crippen LogP contribution in [0.25, 0.3) is 0 Å². The van der Waals surface area contributed by atoms with Crippen molar-refractivity contribution in [1.29, 1.82) is 0 Å². The van der Waals surface area contributed by atoms with Gasteiger partial charge < -0.3 is 19.1 Å². The molecule has 2 aromatic carbocycles. The van der Waals surface area contributed by atoms with Gasteiger partial charge in [0.2, 0.25) is 0 Å². The third kappa shape index (κ3) is 7.56. The number of ether oxygens (including phenoxy) is 3. The van der Waals surface area contributed by atoms with Gasteiger partial charge in [0.1, 0.15) is 35.1 Å². The summed E-state index contributed by atoms with van der Waals surface area (Å²) in [7, 11) is 0. The zero-order chi connectivity index (χ0) is 33.0. The van der Waals surface area contributed by atoms with Crippen LogP contribution in [0.2, 0.25) is 5.02 Å². The van der Waals surface area contributed by atoms with Crippen molar-refractivity contribution in [2.45, 2.75) is 121 Å². The van der Waals surface area contributed by atoms with Gasteiger partial charge in [-0.1, -0.05) is 11.6 Å². The predicted octanol–water partition coefficient (Wildman–Crippen LogP) is 7.78. The Morgan fingerprint density at radius 2 is 1.61 bits per heavy atom. The zero-order valence-corrected chi connectivity index (χ0v) is 26.9. The average molecular weight is 667 g/mol. The lowest BCUT2D eigenvalue weighted by atomic mass is 9.95. The van der Waals surface area contributed by atoms with Gasteiger partial charge in [-0.05, 0) is 113 Å². The number of rotatable bonds is 8. The highest BCUT2D eigenvalue weighted by Crippen LogP contribution is 2.45. The normalized spacial score (nSPS) is 25.1. The molecule has 0 spiro atoms. The van der Waals surface area contributed by atoms with Gasteiger partial charge in [0.25, 0.3) is 5.91 Å². The van der Waals surface area contributed by atoms with E-state index in [0.717, 1.165) is 42.9 Å². The number of esters is 1. The molecule has 0 N–H and O–H groups in total. The standard InChI is InChI=1S/C34H39ClF4N2O5/c1-33(2,3)46-32(43)30-5-4-10-40(30)31(42)28-17-27(19-6-7-19)20(11-29(28)36)18-41-22-8-9-23(41)15-25(14-22)44-24-12-21(35)13-26(16-24)45-34(37,38)39/h11-13,16-17,19,22-23,25,30H,4-10,14-15,18H2,1-3H3/t22-,23-,30?/m0/s1. The third-order valence-electron chi connectivity index (χ3n) is 9.24. The van der Waals surface area contributed by atoms with Crippen LogP contribution in [0.5, 0.6) is 11.5 Å². The molecule has 2 bridgehead atoms. The molecule has 12 heteroatoms. The van der Waals surface area contributed by atoms with Crippen molar-refractivity contribution in [1.82, 2.24) is 9.80 Å². The molecule has 4 fully saturated rings. The van der Waals surface area contributed by atoms with Gasteiger partial charge in [0.15, 0.2) is 0 Å². The maximum atomic E-state index is 15.8. The molecular weight excluding hydrogens is 628 g/mol. The minimum atomic E-state index is -4.84. The Hall–Kier alpha value is -3.05. The number of nitrogens with zero attached hydrogens (tertiary/aromatic N) is 2. The molecule has 6 rings (SSSR count). The third-order valence-corrected chi connectivity index (χ3v) is 9.46. The first kappa shape index (κ1) is 32.9. The van der Waals surface area contributed by atoms with E-state index in [2.05, 4.69) is 9.64 Å². The summed E-state index contributed by atoms with van der Waals surface area (Å²) in [5.74, 6) is -1.50. The molecule has 0 aromatic heterocycles. The van der Waals surface area contributed by atoms with E-state index in [1.54, 1.807) is 26.8 Å². The Kier molecular flexibility index (Phi) is 8.95. The minimum Gasteiger partial charge on any atom is -0.490 e. The molecule has 1 aliphatic carbocycles. The van der Waals surface area contributed by atoms with Crippen molar-refractivity contribution in [2.24, 2.45) is 0 Å². The molecule has 3 heterocycles. The Morgan fingerprint density at radius 3 is 2.24 bits per heavy atom. The van der Waals surface area contributed by atoms with E-state index < -0.39 is 41.4 Å². The van der Waals surface area contributed by atoms with Crippen molar-refractivity contribution in [3.05, 3.63) is 57.9 Å². The van der Waals surface area contributed by atoms with E-state index >= 15 is 4.39 Å². The highest BCUT2D eigenvalue weighted by atomic mass is 35.5. The molecule has 3 aliphatic heterocycles. The SMILES string of the molecule is CC(C)(C)OC(=O)C1CCCN1C(=O)c1cc(C2CC2)c(CN2[C@H]3CC[C@H]2CC(Oc2cc(Cl)cc(OC(F)(F)F)c2)C3)cc1F. The summed E-state index contributed by atoms with van der Waals surface area (Å²) in [5, 5.41) is 0.0822. The minimum absolute atomic E-state index is 0.00779. The van der Waals surface area contributed by atoms with Gasteiger partial charge >= 0.3 is 12.3 Å². The average Bonchev–Trinajstić information content (AvgIpc) is 3.59. The maximum absolute atomic E-state index is 15.8. The Labute approximate surface area is 271 Å². The van der Waals surface area contributed by atoms with Gasteiger partial charge in [-0.3, -0.25) is 9.69 Å². The summed E-state index contributed by atoms with van der Waals surface area (Å²) >= 11 is 6.04. The van der Waals surface area contributed by atoms with Crippen LogP contribution in [0.4, 0.5) is 17.6 Å². The molecule has 1 unspecified atom stereocenters. The lowest BCUT2D eigenvalue weighted by Crippen LogP contribution is -2.46. The number of halogens is 5. The fourth-order valence-electron chi connectivity index (χ4n) is 7.25. The lowest BCUT2D eigenvalue weighted by molar-refractivity contribution is -0.274. The topological polar surface area (TPSA) is 68.3 Å². The number of amides is 1. The number of carbonyl (C=O) groups excluding carboxylic acids is 2. The molecule has 3 saturated heterocycles. The van der Waals surface area contributed by atoms with E-state index in [4.69, 9.17) is 21.1 Å². The first-order valence-electron chi connectivity index (χ1n) is 16.0. The predicted molar refractivity (Wildman–Crippen MR) is 162 cm³/mol. The summed E-state index contributed by atoms with van der Waals surface area (Å²) in [6.07, 6.45) is 1.21. The van der Waals surface area contributed by atoms with Crippen LogP contribution in [-0.2, 0) is 16.1 Å². The van der Waals surface area contributed by atoms with Gasteiger partial charge in [0, 0.05) is 36.3 Å². The maximum Gasteiger partial charge on any atom is 0.573 e. The summed E-state index contributed by atoms with van der Waals surface area (Å²) in [4.78, 5) is 30.3. The molecule has 1 amide bonds. The number of benzene rings is 2. The van der Waals surface area contributed by atoms with Crippen LogP contribution in [0.3, 0.4) is 0 Å². The Morgan fingerprint density at radius 1 is 0.935 bits per heavy atom. The molecule has 2 aromatic rings. The monoisotopic (exact) mass is 666 g/mol. The second kappa shape index (κ2) is 12.5. The molecule has 46 heavy (non-hydrogen) atoms. The lowest BCUT2D eigenvalue weighted by Gasteiger charge is -2.39. The number of hydrogen-bond acceptors (Lipinski definition) is 6. The van der Waals surface area contributed by atoms with Crippen LogP contribution in [0.15, 0.2) is 30.3 Å². The number of piperidine rings is 1. The highest BCUT2D eigenvalue weighted by molar-refractivity contribution is 6.30. The summed E-state index contributed by atoms with van der Waals surface area (Å²) in [6, 6.07) is 6.54.